The van der Waals surface area contributed by atoms with Gasteiger partial charge >= 0.3 is 24.4 Å². The van der Waals surface area contributed by atoms with Crippen molar-refractivity contribution >= 4 is 70.3 Å². The number of benzene rings is 4. The maximum absolute atomic E-state index is 13.4. The maximum atomic E-state index is 13.4. The monoisotopic (exact) mass is 1080 g/mol. The molecule has 4 amide bonds. The van der Waals surface area contributed by atoms with E-state index in [1.807, 2.05) is 105 Å². The van der Waals surface area contributed by atoms with Gasteiger partial charge in [-0.3, -0.25) is 9.80 Å². The summed E-state index contributed by atoms with van der Waals surface area (Å²) in [6.45, 7) is 39.1. The molecule has 8 rings (SSSR count). The van der Waals surface area contributed by atoms with Crippen LogP contribution in [-0.2, 0) is 43.5 Å². The number of hydrogen-bond acceptors (Lipinski definition) is 9. The first-order valence-electron chi connectivity index (χ1n) is 26.4. The van der Waals surface area contributed by atoms with E-state index in [9.17, 15) is 24.3 Å². The Kier molecular flexibility index (Phi) is 16.3. The molecule has 4 aromatic rings. The van der Waals surface area contributed by atoms with Crippen molar-refractivity contribution in [3.63, 3.8) is 0 Å². The minimum atomic E-state index is -1.03. The number of carboxylic acid groups (broad SMARTS) is 1. The molecule has 0 saturated carbocycles. The van der Waals surface area contributed by atoms with Crippen molar-refractivity contribution in [3.05, 3.63) is 116 Å². The first-order valence-corrected chi connectivity index (χ1v) is 27.2. The van der Waals surface area contributed by atoms with Gasteiger partial charge in [0.1, 0.15) is 16.8 Å². The van der Waals surface area contributed by atoms with Gasteiger partial charge in [0, 0.05) is 86.3 Å². The van der Waals surface area contributed by atoms with Crippen molar-refractivity contribution in [2.75, 3.05) is 62.2 Å². The zero-order chi connectivity index (χ0) is 56.2. The standard InChI is InChI=1S/2C30H40ClN3O4/c1-28(2,3)37-26(35)33-15-13-32(14-16-33)19-20-9-12-24-23(17-20)30(7,8)22-11-10-21(31)18-25(22)34(24)27(36)38-29(4,5)6;1-28(2,3)24-19(18-32-13-15-33(16-14-32)27(37)38-29(4,5)6)9-12-22-25(24)30(7,8)21-11-10-20(31)17-23(21)34(22)26(35)36/h9-12,17-18H,13-16,19H2,1-8H3;9-12,17H,13-16,18H2,1-8H3,(H,35,36). The van der Waals surface area contributed by atoms with Crippen molar-refractivity contribution < 1.29 is 38.5 Å². The molecule has 4 aromatic carbocycles. The van der Waals surface area contributed by atoms with Gasteiger partial charge < -0.3 is 29.1 Å². The van der Waals surface area contributed by atoms with E-state index >= 15 is 0 Å². The molecule has 4 aliphatic rings. The average Bonchev–Trinajstić information content (AvgIpc) is 3.27. The highest BCUT2D eigenvalue weighted by molar-refractivity contribution is 6.31. The first-order chi connectivity index (χ1) is 35.1. The second-order valence-corrected chi connectivity index (χ2v) is 26.5. The number of rotatable bonds is 4. The largest absolute Gasteiger partial charge is 0.464 e. The molecule has 0 spiro atoms. The van der Waals surface area contributed by atoms with E-state index in [1.165, 1.54) is 16.0 Å². The van der Waals surface area contributed by atoms with Crippen molar-refractivity contribution in [3.8, 4) is 0 Å². The van der Waals surface area contributed by atoms with E-state index in [0.29, 0.717) is 47.6 Å². The zero-order valence-electron chi connectivity index (χ0n) is 47.7. The quantitative estimate of drug-likeness (QED) is 0.197. The Morgan fingerprint density at radius 3 is 1.39 bits per heavy atom. The molecule has 2 fully saturated rings. The summed E-state index contributed by atoms with van der Waals surface area (Å²) >= 11 is 12.7. The number of amides is 4. The Balaban J connectivity index is 0.000000221. The lowest BCUT2D eigenvalue weighted by Gasteiger charge is -2.44. The van der Waals surface area contributed by atoms with E-state index < -0.39 is 34.4 Å². The van der Waals surface area contributed by atoms with Gasteiger partial charge in [-0.2, -0.15) is 0 Å². The van der Waals surface area contributed by atoms with Crippen LogP contribution in [0.5, 0.6) is 0 Å². The highest BCUT2D eigenvalue weighted by atomic mass is 35.5. The van der Waals surface area contributed by atoms with E-state index in [-0.39, 0.29) is 23.0 Å². The fraction of sp³-hybridized carbons (Fsp3) is 0.533. The van der Waals surface area contributed by atoms with Crippen LogP contribution in [-0.4, -0.2) is 118 Å². The summed E-state index contributed by atoms with van der Waals surface area (Å²) in [6.07, 6.45) is -1.98. The molecule has 4 heterocycles. The van der Waals surface area contributed by atoms with E-state index in [4.69, 9.17) is 37.4 Å². The second-order valence-electron chi connectivity index (χ2n) is 25.6. The zero-order valence-corrected chi connectivity index (χ0v) is 49.2. The van der Waals surface area contributed by atoms with E-state index in [1.54, 1.807) is 20.8 Å². The Labute approximate surface area is 461 Å². The molecule has 1 N–H and O–H groups in total. The smallest absolute Gasteiger partial charge is 0.419 e. The fourth-order valence-corrected chi connectivity index (χ4v) is 11.2. The van der Waals surface area contributed by atoms with Crippen LogP contribution in [0.2, 0.25) is 10.0 Å². The van der Waals surface area contributed by atoms with Gasteiger partial charge in [0.25, 0.3) is 0 Å². The summed E-state index contributed by atoms with van der Waals surface area (Å²) in [5.41, 5.74) is 7.72. The average molecular weight is 1080 g/mol. The molecule has 0 bridgehead atoms. The Bertz CT molecular complexity index is 2860. The number of carbonyl (C=O) groups is 4. The van der Waals surface area contributed by atoms with Crippen molar-refractivity contribution in [2.24, 2.45) is 0 Å². The van der Waals surface area contributed by atoms with Gasteiger partial charge in [0.2, 0.25) is 0 Å². The first kappa shape index (κ1) is 58.1. The molecular formula is C60H80Cl2N6O8. The Hall–Kier alpha value is -5.54. The molecule has 0 unspecified atom stereocenters. The highest BCUT2D eigenvalue weighted by Crippen LogP contribution is 2.54. The maximum Gasteiger partial charge on any atom is 0.419 e. The molecule has 4 aliphatic heterocycles. The number of fused-ring (bicyclic) bond motifs is 4. The van der Waals surface area contributed by atoms with E-state index in [2.05, 4.69) is 76.5 Å². The molecular weight excluding hydrogens is 1000 g/mol. The summed E-state index contributed by atoms with van der Waals surface area (Å²) in [7, 11) is 0. The number of carbonyl (C=O) groups excluding carboxylic acids is 3. The van der Waals surface area contributed by atoms with Gasteiger partial charge in [0.15, 0.2) is 0 Å². The van der Waals surface area contributed by atoms with Gasteiger partial charge in [-0.25, -0.2) is 29.0 Å². The lowest BCUT2D eigenvalue weighted by molar-refractivity contribution is 0.0129. The molecule has 76 heavy (non-hydrogen) atoms. The summed E-state index contributed by atoms with van der Waals surface area (Å²) in [4.78, 5) is 62.3. The van der Waals surface area contributed by atoms with Crippen LogP contribution < -0.4 is 9.80 Å². The predicted octanol–water partition coefficient (Wildman–Crippen LogP) is 14.3. The van der Waals surface area contributed by atoms with Crippen molar-refractivity contribution in [1.29, 1.82) is 0 Å². The number of nitrogens with zero attached hydrogens (tertiary/aromatic N) is 6. The normalized spacial score (nSPS) is 17.6. The van der Waals surface area contributed by atoms with E-state index in [0.717, 1.165) is 78.5 Å². The highest BCUT2D eigenvalue weighted by Gasteiger charge is 2.44. The molecule has 0 atom stereocenters. The second kappa shape index (κ2) is 21.4. The van der Waals surface area contributed by atoms with Gasteiger partial charge in [0.05, 0.1) is 22.7 Å². The third kappa shape index (κ3) is 12.9. The Morgan fingerprint density at radius 2 is 0.934 bits per heavy atom. The van der Waals surface area contributed by atoms with Crippen LogP contribution in [0.15, 0.2) is 66.7 Å². The summed E-state index contributed by atoms with van der Waals surface area (Å²) < 4.78 is 16.9. The van der Waals surface area contributed by atoms with Crippen molar-refractivity contribution in [1.82, 2.24) is 19.6 Å². The molecule has 0 aromatic heterocycles. The minimum absolute atomic E-state index is 0.232. The van der Waals surface area contributed by atoms with Crippen molar-refractivity contribution in [2.45, 2.75) is 157 Å². The van der Waals surface area contributed by atoms with Crippen LogP contribution in [0, 0.1) is 0 Å². The molecule has 16 heteroatoms. The molecule has 2 saturated heterocycles. The lowest BCUT2D eigenvalue weighted by Crippen LogP contribution is -2.49. The van der Waals surface area contributed by atoms with Gasteiger partial charge in [-0.15, -0.1) is 0 Å². The summed E-state index contributed by atoms with van der Waals surface area (Å²) in [5.74, 6) is 0. The number of halogens is 2. The number of piperazine rings is 2. The number of ether oxygens (including phenoxy) is 3. The number of anilines is 4. The third-order valence-corrected chi connectivity index (χ3v) is 14.7. The molecule has 412 valence electrons. The summed E-state index contributed by atoms with van der Waals surface area (Å²) in [5, 5.41) is 11.4. The van der Waals surface area contributed by atoms with Crippen LogP contribution in [0.1, 0.15) is 150 Å². The van der Waals surface area contributed by atoms with Gasteiger partial charge in [-0.05, 0) is 143 Å². The molecule has 0 radical (unpaired) electrons. The topological polar surface area (TPSA) is 136 Å². The van der Waals surface area contributed by atoms with Crippen LogP contribution in [0.3, 0.4) is 0 Å². The fourth-order valence-electron chi connectivity index (χ4n) is 10.8. The van der Waals surface area contributed by atoms with Crippen LogP contribution >= 0.6 is 23.2 Å². The minimum Gasteiger partial charge on any atom is -0.464 e. The van der Waals surface area contributed by atoms with Gasteiger partial charge in [-0.1, -0.05) is 102 Å². The Morgan fingerprint density at radius 1 is 0.500 bits per heavy atom. The molecule has 14 nitrogen and oxygen atoms in total. The molecule has 0 aliphatic carbocycles. The number of hydrogen-bond donors (Lipinski definition) is 1. The third-order valence-electron chi connectivity index (χ3n) is 14.2. The summed E-state index contributed by atoms with van der Waals surface area (Å²) in [6, 6.07) is 21.5. The predicted molar refractivity (Wildman–Crippen MR) is 303 cm³/mol. The van der Waals surface area contributed by atoms with Crippen LogP contribution in [0.25, 0.3) is 0 Å². The SMILES string of the molecule is CC(C)(C)OC(=O)N1CCN(Cc2ccc3c(c2)C(C)(C)c2ccc(Cl)cc2N3C(=O)OC(C)(C)C)CC1.CC(C)(C)OC(=O)N1CCN(Cc2ccc3c(c2C(C)(C)C)C(C)(C)c2ccc(Cl)cc2N3C(=O)O)CC1. The lowest BCUT2D eigenvalue weighted by atomic mass is 9.66. The van der Waals surface area contributed by atoms with Crippen LogP contribution in [0.4, 0.5) is 41.9 Å².